The molecular weight excluding hydrogens is 411 g/mol. The van der Waals surface area contributed by atoms with Gasteiger partial charge in [-0.1, -0.05) is 19.1 Å². The van der Waals surface area contributed by atoms with E-state index in [0.717, 1.165) is 18.6 Å². The molecule has 1 aliphatic heterocycles. The SMILES string of the molecule is CCCNC(=O)c1cccc(NC(=O)C2CC(=O)N(c3cccc(C(F)(F)F)c3)C2)c1. The molecule has 1 unspecified atom stereocenters. The molecule has 164 valence electrons. The Balaban J connectivity index is 1.68. The zero-order chi connectivity index (χ0) is 22.6. The summed E-state index contributed by atoms with van der Waals surface area (Å²) in [5.74, 6) is -1.84. The van der Waals surface area contributed by atoms with Crippen LogP contribution in [0.5, 0.6) is 0 Å². The summed E-state index contributed by atoms with van der Waals surface area (Å²) in [5.41, 5.74) is 0.0343. The topological polar surface area (TPSA) is 78.5 Å². The summed E-state index contributed by atoms with van der Waals surface area (Å²) in [6, 6.07) is 10.9. The molecule has 1 atom stereocenters. The van der Waals surface area contributed by atoms with E-state index in [2.05, 4.69) is 10.6 Å². The standard InChI is InChI=1S/C22H22F3N3O3/c1-2-9-26-20(30)14-5-3-7-17(10-14)27-21(31)15-11-19(29)28(13-15)18-8-4-6-16(12-18)22(23,24)25/h3-8,10,12,15H,2,9,11,13H2,1H3,(H,26,30)(H,27,31). The molecule has 0 saturated carbocycles. The van der Waals surface area contributed by atoms with Gasteiger partial charge in [-0.3, -0.25) is 14.4 Å². The van der Waals surface area contributed by atoms with Crippen LogP contribution in [0, 0.1) is 5.92 Å². The van der Waals surface area contributed by atoms with E-state index in [0.29, 0.717) is 17.8 Å². The third kappa shape index (κ3) is 5.42. The molecule has 1 aliphatic rings. The molecule has 31 heavy (non-hydrogen) atoms. The molecule has 2 N–H and O–H groups in total. The summed E-state index contributed by atoms with van der Waals surface area (Å²) in [4.78, 5) is 38.3. The van der Waals surface area contributed by atoms with Gasteiger partial charge in [-0.25, -0.2) is 0 Å². The first-order valence-corrected chi connectivity index (χ1v) is 9.85. The van der Waals surface area contributed by atoms with Gasteiger partial charge in [-0.2, -0.15) is 13.2 Å². The second-order valence-corrected chi connectivity index (χ2v) is 7.28. The average Bonchev–Trinajstić information content (AvgIpc) is 3.13. The predicted octanol–water partition coefficient (Wildman–Crippen LogP) is 3.84. The lowest BCUT2D eigenvalue weighted by atomic mass is 10.1. The van der Waals surface area contributed by atoms with Gasteiger partial charge in [0.25, 0.3) is 5.91 Å². The van der Waals surface area contributed by atoms with Crippen molar-refractivity contribution in [3.63, 3.8) is 0 Å². The molecular formula is C22H22F3N3O3. The molecule has 1 saturated heterocycles. The molecule has 3 rings (SSSR count). The molecule has 0 spiro atoms. The normalized spacial score (nSPS) is 16.3. The van der Waals surface area contributed by atoms with Crippen LogP contribution in [-0.2, 0) is 15.8 Å². The summed E-state index contributed by atoms with van der Waals surface area (Å²) in [5, 5.41) is 5.43. The first kappa shape index (κ1) is 22.3. The minimum atomic E-state index is -4.52. The van der Waals surface area contributed by atoms with Gasteiger partial charge >= 0.3 is 6.18 Å². The van der Waals surface area contributed by atoms with E-state index in [1.54, 1.807) is 18.2 Å². The average molecular weight is 433 g/mol. The Labute approximate surface area is 177 Å². The molecule has 0 aromatic heterocycles. The van der Waals surface area contributed by atoms with E-state index < -0.39 is 29.5 Å². The number of nitrogens with zero attached hydrogens (tertiary/aromatic N) is 1. The van der Waals surface area contributed by atoms with Crippen molar-refractivity contribution in [3.8, 4) is 0 Å². The number of amides is 3. The van der Waals surface area contributed by atoms with Crippen LogP contribution in [0.3, 0.4) is 0 Å². The Kier molecular flexibility index (Phi) is 6.62. The summed E-state index contributed by atoms with van der Waals surface area (Å²) in [6.07, 6.45) is -3.84. The van der Waals surface area contributed by atoms with E-state index in [1.807, 2.05) is 6.92 Å². The van der Waals surface area contributed by atoms with Crippen molar-refractivity contribution in [2.75, 3.05) is 23.3 Å². The molecule has 0 bridgehead atoms. The van der Waals surface area contributed by atoms with Crippen molar-refractivity contribution in [2.24, 2.45) is 5.92 Å². The number of hydrogen-bond acceptors (Lipinski definition) is 3. The van der Waals surface area contributed by atoms with Crippen LogP contribution in [0.15, 0.2) is 48.5 Å². The molecule has 6 nitrogen and oxygen atoms in total. The van der Waals surface area contributed by atoms with Crippen molar-refractivity contribution in [3.05, 3.63) is 59.7 Å². The first-order chi connectivity index (χ1) is 14.7. The number of carbonyl (C=O) groups is 3. The fraction of sp³-hybridized carbons (Fsp3) is 0.318. The van der Waals surface area contributed by atoms with Crippen LogP contribution in [-0.4, -0.2) is 30.8 Å². The van der Waals surface area contributed by atoms with E-state index in [4.69, 9.17) is 0 Å². The molecule has 1 fully saturated rings. The highest BCUT2D eigenvalue weighted by Gasteiger charge is 2.37. The zero-order valence-corrected chi connectivity index (χ0v) is 16.8. The molecule has 2 aromatic rings. The summed E-state index contributed by atoms with van der Waals surface area (Å²) in [7, 11) is 0. The van der Waals surface area contributed by atoms with Gasteiger partial charge in [0.2, 0.25) is 11.8 Å². The highest BCUT2D eigenvalue weighted by Crippen LogP contribution is 2.33. The lowest BCUT2D eigenvalue weighted by molar-refractivity contribution is -0.137. The van der Waals surface area contributed by atoms with Crippen LogP contribution in [0.4, 0.5) is 24.5 Å². The second-order valence-electron chi connectivity index (χ2n) is 7.28. The summed E-state index contributed by atoms with van der Waals surface area (Å²) in [6.45, 7) is 2.44. The van der Waals surface area contributed by atoms with Crippen molar-refractivity contribution >= 4 is 29.1 Å². The highest BCUT2D eigenvalue weighted by molar-refractivity contribution is 6.04. The lowest BCUT2D eigenvalue weighted by Gasteiger charge is -2.18. The Hall–Kier alpha value is -3.36. The Bertz CT molecular complexity index is 991. The number of carbonyl (C=O) groups excluding carboxylic acids is 3. The molecule has 3 amide bonds. The van der Waals surface area contributed by atoms with Gasteiger partial charge in [0.1, 0.15) is 0 Å². The number of benzene rings is 2. The Morgan fingerprint density at radius 3 is 2.58 bits per heavy atom. The van der Waals surface area contributed by atoms with E-state index in [-0.39, 0.29) is 24.6 Å². The van der Waals surface area contributed by atoms with Gasteiger partial charge in [0.15, 0.2) is 0 Å². The smallest absolute Gasteiger partial charge is 0.352 e. The van der Waals surface area contributed by atoms with Crippen molar-refractivity contribution in [1.82, 2.24) is 5.32 Å². The Morgan fingerprint density at radius 1 is 1.13 bits per heavy atom. The maximum Gasteiger partial charge on any atom is 0.416 e. The maximum atomic E-state index is 13.0. The number of hydrogen-bond donors (Lipinski definition) is 2. The van der Waals surface area contributed by atoms with Gasteiger partial charge in [0, 0.05) is 36.4 Å². The van der Waals surface area contributed by atoms with Gasteiger partial charge < -0.3 is 15.5 Å². The number of nitrogens with one attached hydrogen (secondary N) is 2. The number of halogens is 3. The van der Waals surface area contributed by atoms with Gasteiger partial charge in [-0.15, -0.1) is 0 Å². The van der Waals surface area contributed by atoms with Crippen molar-refractivity contribution < 1.29 is 27.6 Å². The number of alkyl halides is 3. The molecule has 9 heteroatoms. The van der Waals surface area contributed by atoms with Crippen LogP contribution in [0.25, 0.3) is 0 Å². The minimum absolute atomic E-state index is 0.0251. The number of anilines is 2. The lowest BCUT2D eigenvalue weighted by Crippen LogP contribution is -2.28. The summed E-state index contributed by atoms with van der Waals surface area (Å²) < 4.78 is 38.9. The van der Waals surface area contributed by atoms with E-state index in [1.165, 1.54) is 23.1 Å². The fourth-order valence-electron chi connectivity index (χ4n) is 3.31. The molecule has 2 aromatic carbocycles. The monoisotopic (exact) mass is 433 g/mol. The van der Waals surface area contributed by atoms with E-state index >= 15 is 0 Å². The second kappa shape index (κ2) is 9.20. The van der Waals surface area contributed by atoms with Gasteiger partial charge in [0.05, 0.1) is 11.5 Å². The third-order valence-electron chi connectivity index (χ3n) is 4.91. The van der Waals surface area contributed by atoms with Crippen molar-refractivity contribution in [2.45, 2.75) is 25.9 Å². The minimum Gasteiger partial charge on any atom is -0.352 e. The van der Waals surface area contributed by atoms with E-state index in [9.17, 15) is 27.6 Å². The molecule has 1 heterocycles. The third-order valence-corrected chi connectivity index (χ3v) is 4.91. The Morgan fingerprint density at radius 2 is 1.87 bits per heavy atom. The predicted molar refractivity (Wildman–Crippen MR) is 110 cm³/mol. The summed E-state index contributed by atoms with van der Waals surface area (Å²) >= 11 is 0. The van der Waals surface area contributed by atoms with Gasteiger partial charge in [-0.05, 0) is 42.8 Å². The highest BCUT2D eigenvalue weighted by atomic mass is 19.4. The maximum absolute atomic E-state index is 13.0. The zero-order valence-electron chi connectivity index (χ0n) is 16.8. The quantitative estimate of drug-likeness (QED) is 0.727. The first-order valence-electron chi connectivity index (χ1n) is 9.85. The fourth-order valence-corrected chi connectivity index (χ4v) is 3.31. The van der Waals surface area contributed by atoms with Crippen molar-refractivity contribution in [1.29, 1.82) is 0 Å². The molecule has 0 radical (unpaired) electrons. The molecule has 0 aliphatic carbocycles. The number of rotatable bonds is 6. The van der Waals surface area contributed by atoms with Crippen LogP contribution < -0.4 is 15.5 Å². The van der Waals surface area contributed by atoms with Crippen LogP contribution >= 0.6 is 0 Å². The van der Waals surface area contributed by atoms with Crippen LogP contribution in [0.1, 0.15) is 35.7 Å². The van der Waals surface area contributed by atoms with Crippen LogP contribution in [0.2, 0.25) is 0 Å². The largest absolute Gasteiger partial charge is 0.416 e.